The number of carbonyl (C=O) groups excluding carboxylic acids is 1. The second-order valence-corrected chi connectivity index (χ2v) is 7.40. The lowest BCUT2D eigenvalue weighted by atomic mass is 9.96. The van der Waals surface area contributed by atoms with Crippen LogP contribution in [0.25, 0.3) is 0 Å². The van der Waals surface area contributed by atoms with Gasteiger partial charge in [-0.1, -0.05) is 18.9 Å². The molecule has 2 aromatic rings. The Bertz CT molecular complexity index is 713. The van der Waals surface area contributed by atoms with Gasteiger partial charge in [-0.15, -0.1) is 11.3 Å². The van der Waals surface area contributed by atoms with Crippen LogP contribution in [0.4, 0.5) is 0 Å². The molecule has 26 heavy (non-hydrogen) atoms. The normalized spacial score (nSPS) is 15.5. The summed E-state index contributed by atoms with van der Waals surface area (Å²) in [6.07, 6.45) is 4.76. The number of carbonyl (C=O) groups is 1. The van der Waals surface area contributed by atoms with Gasteiger partial charge < -0.3 is 19.5 Å². The van der Waals surface area contributed by atoms with Crippen LogP contribution in [-0.2, 0) is 0 Å². The molecular formula is C20H25NO4S. The molecule has 3 rings (SSSR count). The van der Waals surface area contributed by atoms with E-state index in [2.05, 4.69) is 16.8 Å². The lowest BCUT2D eigenvalue weighted by Gasteiger charge is -2.24. The van der Waals surface area contributed by atoms with Gasteiger partial charge in [0, 0.05) is 10.4 Å². The second kappa shape index (κ2) is 8.45. The number of methoxy groups -OCH3 is 3. The Labute approximate surface area is 158 Å². The van der Waals surface area contributed by atoms with Crippen molar-refractivity contribution in [2.45, 2.75) is 31.7 Å². The van der Waals surface area contributed by atoms with Crippen molar-refractivity contribution in [1.82, 2.24) is 5.32 Å². The molecule has 6 heteroatoms. The number of thiophene rings is 1. The molecule has 1 aromatic carbocycles. The Morgan fingerprint density at radius 3 is 2.27 bits per heavy atom. The van der Waals surface area contributed by atoms with Crippen LogP contribution in [-0.4, -0.2) is 27.2 Å². The molecule has 1 fully saturated rings. The Morgan fingerprint density at radius 2 is 1.77 bits per heavy atom. The van der Waals surface area contributed by atoms with Gasteiger partial charge in [-0.3, -0.25) is 4.79 Å². The Morgan fingerprint density at radius 1 is 1.12 bits per heavy atom. The van der Waals surface area contributed by atoms with Gasteiger partial charge in [-0.05, 0) is 42.3 Å². The zero-order chi connectivity index (χ0) is 18.5. The molecule has 5 nitrogen and oxygen atoms in total. The minimum atomic E-state index is -0.130. The van der Waals surface area contributed by atoms with Gasteiger partial charge >= 0.3 is 0 Å². The van der Waals surface area contributed by atoms with Crippen LogP contribution < -0.4 is 19.5 Å². The molecule has 1 unspecified atom stereocenters. The summed E-state index contributed by atoms with van der Waals surface area (Å²) < 4.78 is 16.1. The maximum Gasteiger partial charge on any atom is 0.252 e. The van der Waals surface area contributed by atoms with Gasteiger partial charge in [-0.25, -0.2) is 0 Å². The summed E-state index contributed by atoms with van der Waals surface area (Å²) >= 11 is 1.69. The topological polar surface area (TPSA) is 56.8 Å². The maximum atomic E-state index is 13.0. The Kier molecular flexibility index (Phi) is 6.04. The van der Waals surface area contributed by atoms with Crippen molar-refractivity contribution in [3.8, 4) is 17.2 Å². The molecule has 1 aliphatic carbocycles. The molecule has 0 aliphatic heterocycles. The fourth-order valence-corrected chi connectivity index (χ4v) is 4.49. The van der Waals surface area contributed by atoms with Gasteiger partial charge in [-0.2, -0.15) is 0 Å². The number of hydrogen-bond donors (Lipinski definition) is 1. The summed E-state index contributed by atoms with van der Waals surface area (Å²) in [5, 5.41) is 5.30. The van der Waals surface area contributed by atoms with Crippen LogP contribution in [0.2, 0.25) is 0 Å². The first-order chi connectivity index (χ1) is 12.7. The average molecular weight is 375 g/mol. The van der Waals surface area contributed by atoms with Gasteiger partial charge in [0.15, 0.2) is 11.5 Å². The summed E-state index contributed by atoms with van der Waals surface area (Å²) in [6, 6.07) is 7.56. The van der Waals surface area contributed by atoms with E-state index in [9.17, 15) is 4.79 Å². The van der Waals surface area contributed by atoms with Crippen molar-refractivity contribution in [1.29, 1.82) is 0 Å². The van der Waals surface area contributed by atoms with Crippen LogP contribution >= 0.6 is 11.3 Å². The van der Waals surface area contributed by atoms with Crippen LogP contribution in [0.1, 0.15) is 47.0 Å². The molecule has 1 aliphatic rings. The first-order valence-corrected chi connectivity index (χ1v) is 9.70. The minimum Gasteiger partial charge on any atom is -0.493 e. The van der Waals surface area contributed by atoms with Crippen molar-refractivity contribution < 1.29 is 19.0 Å². The molecule has 1 N–H and O–H groups in total. The maximum absolute atomic E-state index is 13.0. The van der Waals surface area contributed by atoms with E-state index in [1.165, 1.54) is 17.7 Å². The van der Waals surface area contributed by atoms with E-state index in [0.29, 0.717) is 28.7 Å². The predicted octanol–water partition coefficient (Wildman–Crippen LogP) is 4.44. The zero-order valence-corrected chi connectivity index (χ0v) is 16.2. The molecule has 1 amide bonds. The minimum absolute atomic E-state index is 0.0455. The summed E-state index contributed by atoms with van der Waals surface area (Å²) in [7, 11) is 4.64. The summed E-state index contributed by atoms with van der Waals surface area (Å²) in [5.74, 6) is 1.79. The molecule has 1 saturated carbocycles. The lowest BCUT2D eigenvalue weighted by Crippen LogP contribution is -2.32. The summed E-state index contributed by atoms with van der Waals surface area (Å²) in [6.45, 7) is 0. The standard InChI is InChI=1S/C20H25NO4S/c1-23-15-11-14(12-16(24-2)19(15)25-3)20(22)21-18(13-7-4-5-8-13)17-9-6-10-26-17/h6,9-13,18H,4-5,7-8H2,1-3H3,(H,21,22). The molecule has 1 aromatic heterocycles. The Balaban J connectivity index is 1.87. The van der Waals surface area contributed by atoms with Gasteiger partial charge in [0.25, 0.3) is 5.91 Å². The number of benzene rings is 1. The SMILES string of the molecule is COc1cc(C(=O)NC(c2cccs2)C2CCCC2)cc(OC)c1OC. The fraction of sp³-hybridized carbons (Fsp3) is 0.450. The molecule has 1 heterocycles. The first kappa shape index (κ1) is 18.6. The number of ether oxygens (including phenoxy) is 3. The molecule has 0 radical (unpaired) electrons. The first-order valence-electron chi connectivity index (χ1n) is 8.82. The third-order valence-electron chi connectivity index (χ3n) is 4.93. The van der Waals surface area contributed by atoms with Crippen molar-refractivity contribution in [2.24, 2.45) is 5.92 Å². The monoisotopic (exact) mass is 375 g/mol. The van der Waals surface area contributed by atoms with E-state index in [4.69, 9.17) is 14.2 Å². The molecule has 0 bridgehead atoms. The van der Waals surface area contributed by atoms with E-state index in [1.54, 1.807) is 44.8 Å². The fourth-order valence-electron chi connectivity index (χ4n) is 3.62. The van der Waals surface area contributed by atoms with Crippen LogP contribution in [0, 0.1) is 5.92 Å². The van der Waals surface area contributed by atoms with Crippen molar-refractivity contribution in [3.05, 3.63) is 40.1 Å². The van der Waals surface area contributed by atoms with E-state index < -0.39 is 0 Å². The van der Waals surface area contributed by atoms with E-state index in [1.807, 2.05) is 6.07 Å². The smallest absolute Gasteiger partial charge is 0.252 e. The molecular weight excluding hydrogens is 350 g/mol. The summed E-state index contributed by atoms with van der Waals surface area (Å²) in [5.41, 5.74) is 0.499. The Hall–Kier alpha value is -2.21. The number of rotatable bonds is 7. The van der Waals surface area contributed by atoms with E-state index in [0.717, 1.165) is 12.8 Å². The van der Waals surface area contributed by atoms with Crippen molar-refractivity contribution >= 4 is 17.2 Å². The van der Waals surface area contributed by atoms with Gasteiger partial charge in [0.2, 0.25) is 5.75 Å². The van der Waals surface area contributed by atoms with Crippen LogP contribution in [0.3, 0.4) is 0 Å². The zero-order valence-electron chi connectivity index (χ0n) is 15.4. The molecule has 0 spiro atoms. The van der Waals surface area contributed by atoms with E-state index >= 15 is 0 Å². The molecule has 140 valence electrons. The molecule has 0 saturated heterocycles. The third-order valence-corrected chi connectivity index (χ3v) is 5.89. The predicted molar refractivity (Wildman–Crippen MR) is 103 cm³/mol. The van der Waals surface area contributed by atoms with Crippen molar-refractivity contribution in [2.75, 3.05) is 21.3 Å². The highest BCUT2D eigenvalue weighted by Gasteiger charge is 2.29. The highest BCUT2D eigenvalue weighted by atomic mass is 32.1. The van der Waals surface area contributed by atoms with Crippen LogP contribution in [0.15, 0.2) is 29.6 Å². The third kappa shape index (κ3) is 3.80. The highest BCUT2D eigenvalue weighted by Crippen LogP contribution is 2.40. The largest absolute Gasteiger partial charge is 0.493 e. The number of nitrogens with one attached hydrogen (secondary N) is 1. The second-order valence-electron chi connectivity index (χ2n) is 6.43. The van der Waals surface area contributed by atoms with Gasteiger partial charge in [0.05, 0.1) is 27.4 Å². The highest BCUT2D eigenvalue weighted by molar-refractivity contribution is 7.10. The summed E-state index contributed by atoms with van der Waals surface area (Å²) in [4.78, 5) is 14.2. The molecule has 1 atom stereocenters. The lowest BCUT2D eigenvalue weighted by molar-refractivity contribution is 0.0922. The van der Waals surface area contributed by atoms with Crippen molar-refractivity contribution in [3.63, 3.8) is 0 Å². The van der Waals surface area contributed by atoms with Gasteiger partial charge in [0.1, 0.15) is 0 Å². The van der Waals surface area contributed by atoms with Crippen LogP contribution in [0.5, 0.6) is 17.2 Å². The van der Waals surface area contributed by atoms with E-state index in [-0.39, 0.29) is 11.9 Å². The average Bonchev–Trinajstić information content (AvgIpc) is 3.38. The quantitative estimate of drug-likeness (QED) is 0.777. The number of amides is 1. The number of hydrogen-bond acceptors (Lipinski definition) is 5.